The molecule has 1 aliphatic carbocycles. The van der Waals surface area contributed by atoms with E-state index in [9.17, 15) is 0 Å². The normalized spacial score (nSPS) is 26.1. The van der Waals surface area contributed by atoms with Crippen LogP contribution in [0.1, 0.15) is 44.6 Å². The molecule has 1 heteroatoms. The van der Waals surface area contributed by atoms with Crippen LogP contribution in [0.3, 0.4) is 0 Å². The predicted molar refractivity (Wildman–Crippen MR) is 69.1 cm³/mol. The zero-order valence-corrected chi connectivity index (χ0v) is 11.1. The molecular weight excluding hydrogens is 248 g/mol. The maximum atomic E-state index is 3.55. The predicted octanol–water partition coefficient (Wildman–Crippen LogP) is 4.99. The molecule has 82 valence electrons. The fraction of sp³-hybridized carbons (Fsp3) is 0.571. The summed E-state index contributed by atoms with van der Waals surface area (Å²) in [5, 5.41) is 0. The van der Waals surface area contributed by atoms with E-state index in [2.05, 4.69) is 54.0 Å². The van der Waals surface area contributed by atoms with E-state index in [1.807, 2.05) is 0 Å². The molecule has 0 spiro atoms. The van der Waals surface area contributed by atoms with E-state index in [0.717, 1.165) is 17.8 Å². The van der Waals surface area contributed by atoms with E-state index in [0.29, 0.717) is 0 Å². The molecular formula is C14H19Br. The second kappa shape index (κ2) is 4.69. The minimum absolute atomic E-state index is 0.801. The summed E-state index contributed by atoms with van der Waals surface area (Å²) in [6.45, 7) is 4.71. The summed E-state index contributed by atoms with van der Waals surface area (Å²) < 4.78 is 1.22. The average molecular weight is 267 g/mol. The highest BCUT2D eigenvalue weighted by Crippen LogP contribution is 2.41. The Morgan fingerprint density at radius 2 is 2.07 bits per heavy atom. The lowest BCUT2D eigenvalue weighted by Gasteiger charge is -2.15. The fourth-order valence-corrected chi connectivity index (χ4v) is 3.10. The van der Waals surface area contributed by atoms with E-state index < -0.39 is 0 Å². The lowest BCUT2D eigenvalue weighted by atomic mass is 9.91. The Balaban J connectivity index is 2.08. The summed E-state index contributed by atoms with van der Waals surface area (Å²) in [7, 11) is 0. The van der Waals surface area contributed by atoms with Crippen molar-refractivity contribution in [2.75, 3.05) is 0 Å². The molecule has 1 aromatic rings. The van der Waals surface area contributed by atoms with Gasteiger partial charge in [-0.25, -0.2) is 0 Å². The third kappa shape index (κ3) is 2.63. The fourth-order valence-electron chi connectivity index (χ4n) is 2.69. The molecule has 15 heavy (non-hydrogen) atoms. The van der Waals surface area contributed by atoms with Crippen LogP contribution in [-0.4, -0.2) is 0 Å². The van der Waals surface area contributed by atoms with Gasteiger partial charge in [0.1, 0.15) is 0 Å². The minimum atomic E-state index is 0.801. The smallest absolute Gasteiger partial charge is 0.0178 e. The molecule has 0 aromatic heterocycles. The Kier molecular flexibility index (Phi) is 3.50. The van der Waals surface area contributed by atoms with Crippen LogP contribution in [0.25, 0.3) is 0 Å². The van der Waals surface area contributed by atoms with Gasteiger partial charge in [-0.3, -0.25) is 0 Å². The standard InChI is InChI=1S/C14H19Br/c1-10(2)11-6-7-13(8-11)12-4-3-5-14(15)9-12/h3-5,9-11,13H,6-8H2,1-2H3. The topological polar surface area (TPSA) is 0 Å². The average Bonchev–Trinajstić information content (AvgIpc) is 2.66. The molecule has 0 aliphatic heterocycles. The molecule has 0 saturated heterocycles. The van der Waals surface area contributed by atoms with E-state index in [-0.39, 0.29) is 0 Å². The van der Waals surface area contributed by atoms with Crippen LogP contribution in [-0.2, 0) is 0 Å². The van der Waals surface area contributed by atoms with Crippen molar-refractivity contribution in [3.8, 4) is 0 Å². The summed E-state index contributed by atoms with van der Waals surface area (Å²) in [6.07, 6.45) is 4.17. The van der Waals surface area contributed by atoms with Gasteiger partial charge in [-0.05, 0) is 54.7 Å². The first-order chi connectivity index (χ1) is 7.16. The summed E-state index contributed by atoms with van der Waals surface area (Å²) in [6, 6.07) is 8.83. The second-order valence-electron chi connectivity index (χ2n) is 5.07. The van der Waals surface area contributed by atoms with Gasteiger partial charge in [0.2, 0.25) is 0 Å². The van der Waals surface area contributed by atoms with Crippen LogP contribution in [0.4, 0.5) is 0 Å². The maximum absolute atomic E-state index is 3.55. The van der Waals surface area contributed by atoms with Gasteiger partial charge >= 0.3 is 0 Å². The van der Waals surface area contributed by atoms with Crippen molar-refractivity contribution in [2.24, 2.45) is 11.8 Å². The zero-order chi connectivity index (χ0) is 10.8. The number of benzene rings is 1. The number of hydrogen-bond acceptors (Lipinski definition) is 0. The van der Waals surface area contributed by atoms with Crippen LogP contribution in [0.15, 0.2) is 28.7 Å². The molecule has 0 N–H and O–H groups in total. The molecule has 0 bridgehead atoms. The third-order valence-electron chi connectivity index (χ3n) is 3.74. The van der Waals surface area contributed by atoms with Gasteiger partial charge in [-0.1, -0.05) is 41.9 Å². The van der Waals surface area contributed by atoms with Crippen molar-refractivity contribution < 1.29 is 0 Å². The summed E-state index contributed by atoms with van der Waals surface area (Å²) >= 11 is 3.55. The van der Waals surface area contributed by atoms with Crippen LogP contribution in [0.2, 0.25) is 0 Å². The summed E-state index contributed by atoms with van der Waals surface area (Å²) in [5.74, 6) is 2.59. The zero-order valence-electron chi connectivity index (χ0n) is 9.54. The van der Waals surface area contributed by atoms with Crippen LogP contribution in [0, 0.1) is 11.8 Å². The van der Waals surface area contributed by atoms with Crippen molar-refractivity contribution in [1.29, 1.82) is 0 Å². The third-order valence-corrected chi connectivity index (χ3v) is 4.23. The molecule has 2 unspecified atom stereocenters. The van der Waals surface area contributed by atoms with E-state index in [1.54, 1.807) is 0 Å². The molecule has 0 radical (unpaired) electrons. The molecule has 1 aromatic carbocycles. The van der Waals surface area contributed by atoms with Crippen molar-refractivity contribution in [1.82, 2.24) is 0 Å². The molecule has 0 heterocycles. The molecule has 1 aliphatic rings. The largest absolute Gasteiger partial charge is 0.0625 e. The van der Waals surface area contributed by atoms with Gasteiger partial charge in [-0.15, -0.1) is 0 Å². The Bertz CT molecular complexity index is 330. The summed E-state index contributed by atoms with van der Waals surface area (Å²) in [4.78, 5) is 0. The SMILES string of the molecule is CC(C)C1CCC(c2cccc(Br)c2)C1. The lowest BCUT2D eigenvalue weighted by Crippen LogP contribution is -2.03. The molecule has 0 nitrogen and oxygen atoms in total. The number of hydrogen-bond donors (Lipinski definition) is 0. The first-order valence-corrected chi connectivity index (χ1v) is 6.71. The van der Waals surface area contributed by atoms with Crippen molar-refractivity contribution >= 4 is 15.9 Å². The molecule has 2 rings (SSSR count). The van der Waals surface area contributed by atoms with Gasteiger partial charge in [0.05, 0.1) is 0 Å². The first kappa shape index (κ1) is 11.2. The monoisotopic (exact) mass is 266 g/mol. The van der Waals surface area contributed by atoms with Gasteiger partial charge in [0.25, 0.3) is 0 Å². The van der Waals surface area contributed by atoms with Gasteiger partial charge in [0, 0.05) is 4.47 Å². The van der Waals surface area contributed by atoms with Crippen molar-refractivity contribution in [3.63, 3.8) is 0 Å². The van der Waals surface area contributed by atoms with Crippen LogP contribution in [0.5, 0.6) is 0 Å². The van der Waals surface area contributed by atoms with E-state index >= 15 is 0 Å². The first-order valence-electron chi connectivity index (χ1n) is 5.92. The number of rotatable bonds is 2. The van der Waals surface area contributed by atoms with Crippen molar-refractivity contribution in [3.05, 3.63) is 34.3 Å². The van der Waals surface area contributed by atoms with E-state index in [1.165, 1.54) is 29.3 Å². The lowest BCUT2D eigenvalue weighted by molar-refractivity contribution is 0.391. The van der Waals surface area contributed by atoms with Crippen molar-refractivity contribution in [2.45, 2.75) is 39.0 Å². The highest BCUT2D eigenvalue weighted by atomic mass is 79.9. The second-order valence-corrected chi connectivity index (χ2v) is 5.98. The van der Waals surface area contributed by atoms with Crippen LogP contribution >= 0.6 is 15.9 Å². The highest BCUT2D eigenvalue weighted by Gasteiger charge is 2.27. The Labute approximate surface area is 101 Å². The highest BCUT2D eigenvalue weighted by molar-refractivity contribution is 9.10. The number of halogens is 1. The van der Waals surface area contributed by atoms with E-state index in [4.69, 9.17) is 0 Å². The molecule has 1 saturated carbocycles. The summed E-state index contributed by atoms with van der Waals surface area (Å²) in [5.41, 5.74) is 1.52. The Morgan fingerprint density at radius 3 is 2.67 bits per heavy atom. The Morgan fingerprint density at radius 1 is 1.27 bits per heavy atom. The molecule has 2 atom stereocenters. The van der Waals surface area contributed by atoms with Gasteiger partial charge in [0.15, 0.2) is 0 Å². The maximum Gasteiger partial charge on any atom is 0.0178 e. The molecule has 0 amide bonds. The quantitative estimate of drug-likeness (QED) is 0.708. The van der Waals surface area contributed by atoms with Gasteiger partial charge in [-0.2, -0.15) is 0 Å². The Hall–Kier alpha value is -0.300. The minimum Gasteiger partial charge on any atom is -0.0625 e. The molecule has 1 fully saturated rings. The van der Waals surface area contributed by atoms with Crippen LogP contribution < -0.4 is 0 Å². The van der Waals surface area contributed by atoms with Gasteiger partial charge < -0.3 is 0 Å².